The number of anilines is 1. The fraction of sp³-hybridized carbons (Fsp3) is 0. The van der Waals surface area contributed by atoms with Gasteiger partial charge in [0, 0.05) is 8.04 Å². The van der Waals surface area contributed by atoms with Gasteiger partial charge in [0.05, 0.1) is 5.69 Å². The molecule has 0 aliphatic carbocycles. The maximum absolute atomic E-state index is 12.1. The molecule has 0 bridgehead atoms. The maximum atomic E-state index is 12.1. The van der Waals surface area contributed by atoms with Crippen molar-refractivity contribution >= 4 is 50.1 Å². The summed E-state index contributed by atoms with van der Waals surface area (Å²) in [6.45, 7) is 0. The van der Waals surface area contributed by atoms with Crippen LogP contribution in [-0.2, 0) is 0 Å². The fourth-order valence-electron chi connectivity index (χ4n) is 1.54. The predicted octanol–water partition coefficient (Wildman–Crippen LogP) is 3.72. The van der Waals surface area contributed by atoms with Crippen LogP contribution in [0.2, 0.25) is 0 Å². The SMILES string of the molecule is O=C(Nc1cc(I)ccc1Br)c1c(O)cccc1O. The van der Waals surface area contributed by atoms with Gasteiger partial charge in [-0.3, -0.25) is 4.79 Å². The van der Waals surface area contributed by atoms with Crippen LogP contribution in [0.15, 0.2) is 40.9 Å². The molecule has 0 heterocycles. The first-order valence-electron chi connectivity index (χ1n) is 5.26. The van der Waals surface area contributed by atoms with Crippen molar-refractivity contribution in [1.82, 2.24) is 0 Å². The Morgan fingerprint density at radius 3 is 2.42 bits per heavy atom. The molecule has 0 aliphatic rings. The number of rotatable bonds is 2. The van der Waals surface area contributed by atoms with E-state index in [-0.39, 0.29) is 17.1 Å². The first kappa shape index (κ1) is 14.1. The number of nitrogens with one attached hydrogen (secondary N) is 1. The van der Waals surface area contributed by atoms with Crippen molar-refractivity contribution in [3.05, 3.63) is 50.0 Å². The van der Waals surface area contributed by atoms with Crippen molar-refractivity contribution in [2.24, 2.45) is 0 Å². The molecule has 6 heteroatoms. The second-order valence-electron chi connectivity index (χ2n) is 3.75. The van der Waals surface area contributed by atoms with Crippen molar-refractivity contribution in [1.29, 1.82) is 0 Å². The smallest absolute Gasteiger partial charge is 0.263 e. The number of aromatic hydroxyl groups is 2. The molecule has 98 valence electrons. The largest absolute Gasteiger partial charge is 0.507 e. The minimum Gasteiger partial charge on any atom is -0.507 e. The summed E-state index contributed by atoms with van der Waals surface area (Å²) in [4.78, 5) is 12.1. The van der Waals surface area contributed by atoms with Crippen LogP contribution in [-0.4, -0.2) is 16.1 Å². The van der Waals surface area contributed by atoms with Gasteiger partial charge in [-0.15, -0.1) is 0 Å². The Morgan fingerprint density at radius 1 is 1.16 bits per heavy atom. The molecule has 4 nitrogen and oxygen atoms in total. The van der Waals surface area contributed by atoms with E-state index in [4.69, 9.17) is 0 Å². The van der Waals surface area contributed by atoms with Gasteiger partial charge in [-0.25, -0.2) is 0 Å². The Morgan fingerprint density at radius 2 is 1.79 bits per heavy atom. The number of halogens is 2. The summed E-state index contributed by atoms with van der Waals surface area (Å²) in [5, 5.41) is 21.9. The molecule has 3 N–H and O–H groups in total. The van der Waals surface area contributed by atoms with E-state index in [1.54, 1.807) is 6.07 Å². The molecule has 2 aromatic rings. The molecule has 0 saturated heterocycles. The number of carbonyl (C=O) groups is 1. The lowest BCUT2D eigenvalue weighted by Gasteiger charge is -2.10. The van der Waals surface area contributed by atoms with Gasteiger partial charge in [-0.2, -0.15) is 0 Å². The first-order chi connectivity index (χ1) is 8.99. The summed E-state index contributed by atoms with van der Waals surface area (Å²) >= 11 is 5.45. The average Bonchev–Trinajstić information content (AvgIpc) is 2.33. The molecule has 19 heavy (non-hydrogen) atoms. The van der Waals surface area contributed by atoms with Crippen LogP contribution in [0.1, 0.15) is 10.4 Å². The Hall–Kier alpha value is -1.28. The summed E-state index contributed by atoms with van der Waals surface area (Å²) in [6, 6.07) is 9.62. The molecule has 0 saturated carbocycles. The molecule has 2 rings (SSSR count). The van der Waals surface area contributed by atoms with Crippen molar-refractivity contribution in [3.63, 3.8) is 0 Å². The number of amides is 1. The van der Waals surface area contributed by atoms with E-state index in [0.29, 0.717) is 5.69 Å². The molecule has 1 amide bonds. The Balaban J connectivity index is 2.34. The van der Waals surface area contributed by atoms with Gasteiger partial charge in [-0.05, 0) is 68.9 Å². The number of carbonyl (C=O) groups excluding carboxylic acids is 1. The minimum atomic E-state index is -0.571. The molecule has 0 aliphatic heterocycles. The van der Waals surface area contributed by atoms with Crippen LogP contribution in [0.25, 0.3) is 0 Å². The number of hydrogen-bond donors (Lipinski definition) is 3. The van der Waals surface area contributed by atoms with Crippen molar-refractivity contribution in [2.75, 3.05) is 5.32 Å². The second kappa shape index (κ2) is 5.79. The van der Waals surface area contributed by atoms with Gasteiger partial charge in [-0.1, -0.05) is 6.07 Å². The highest BCUT2D eigenvalue weighted by molar-refractivity contribution is 14.1. The normalized spacial score (nSPS) is 10.2. The van der Waals surface area contributed by atoms with E-state index in [2.05, 4.69) is 43.8 Å². The maximum Gasteiger partial charge on any atom is 0.263 e. The van der Waals surface area contributed by atoms with Crippen LogP contribution >= 0.6 is 38.5 Å². The Labute approximate surface area is 131 Å². The van der Waals surface area contributed by atoms with Crippen LogP contribution in [0.4, 0.5) is 5.69 Å². The molecule has 0 radical (unpaired) electrons. The molecule has 0 fully saturated rings. The highest BCUT2D eigenvalue weighted by Crippen LogP contribution is 2.29. The molecular weight excluding hydrogens is 425 g/mol. The summed E-state index contributed by atoms with van der Waals surface area (Å²) in [6.07, 6.45) is 0. The van der Waals surface area contributed by atoms with Crippen LogP contribution in [0.3, 0.4) is 0 Å². The zero-order chi connectivity index (χ0) is 14.0. The Kier molecular flexibility index (Phi) is 4.31. The van der Waals surface area contributed by atoms with Gasteiger partial charge in [0.25, 0.3) is 5.91 Å². The highest BCUT2D eigenvalue weighted by atomic mass is 127. The number of phenols is 2. The minimum absolute atomic E-state index is 0.145. The van der Waals surface area contributed by atoms with Gasteiger partial charge in [0.15, 0.2) is 0 Å². The number of benzene rings is 2. The third-order valence-electron chi connectivity index (χ3n) is 2.42. The summed E-state index contributed by atoms with van der Waals surface area (Å²) in [7, 11) is 0. The van der Waals surface area contributed by atoms with Crippen LogP contribution in [0.5, 0.6) is 11.5 Å². The third-order valence-corrected chi connectivity index (χ3v) is 3.79. The van der Waals surface area contributed by atoms with E-state index >= 15 is 0 Å². The number of phenolic OH excluding ortho intramolecular Hbond substituents is 2. The molecule has 0 aromatic heterocycles. The lowest BCUT2D eigenvalue weighted by atomic mass is 10.1. The zero-order valence-corrected chi connectivity index (χ0v) is 13.3. The second-order valence-corrected chi connectivity index (χ2v) is 5.85. The number of hydrogen-bond acceptors (Lipinski definition) is 3. The fourth-order valence-corrected chi connectivity index (χ4v) is 2.38. The van der Waals surface area contributed by atoms with E-state index in [0.717, 1.165) is 8.04 Å². The monoisotopic (exact) mass is 433 g/mol. The quantitative estimate of drug-likeness (QED) is 0.632. The van der Waals surface area contributed by atoms with Crippen molar-refractivity contribution in [3.8, 4) is 11.5 Å². The zero-order valence-electron chi connectivity index (χ0n) is 9.52. The van der Waals surface area contributed by atoms with E-state index < -0.39 is 5.91 Å². The van der Waals surface area contributed by atoms with E-state index in [1.807, 2.05) is 12.1 Å². The van der Waals surface area contributed by atoms with E-state index in [1.165, 1.54) is 18.2 Å². The summed E-state index contributed by atoms with van der Waals surface area (Å²) in [5.41, 5.74) is 0.424. The highest BCUT2D eigenvalue weighted by Gasteiger charge is 2.17. The Bertz CT molecular complexity index is 626. The predicted molar refractivity (Wildman–Crippen MR) is 84.6 cm³/mol. The summed E-state index contributed by atoms with van der Waals surface area (Å²) < 4.78 is 1.67. The molecule has 2 aromatic carbocycles. The van der Waals surface area contributed by atoms with Crippen LogP contribution < -0.4 is 5.32 Å². The van der Waals surface area contributed by atoms with Gasteiger partial charge < -0.3 is 15.5 Å². The average molecular weight is 434 g/mol. The molecule has 0 atom stereocenters. The summed E-state index contributed by atoms with van der Waals surface area (Å²) in [5.74, 6) is -1.10. The lowest BCUT2D eigenvalue weighted by molar-refractivity contribution is 0.102. The van der Waals surface area contributed by atoms with Gasteiger partial charge >= 0.3 is 0 Å². The molecule has 0 unspecified atom stereocenters. The third kappa shape index (κ3) is 3.19. The topological polar surface area (TPSA) is 69.6 Å². The van der Waals surface area contributed by atoms with Gasteiger partial charge in [0.1, 0.15) is 17.1 Å². The molecular formula is C13H9BrINO3. The molecule has 0 spiro atoms. The van der Waals surface area contributed by atoms with Crippen molar-refractivity contribution in [2.45, 2.75) is 0 Å². The lowest BCUT2D eigenvalue weighted by Crippen LogP contribution is -2.12. The first-order valence-corrected chi connectivity index (χ1v) is 7.13. The van der Waals surface area contributed by atoms with Crippen LogP contribution in [0, 0.1) is 3.57 Å². The van der Waals surface area contributed by atoms with Crippen molar-refractivity contribution < 1.29 is 15.0 Å². The van der Waals surface area contributed by atoms with E-state index in [9.17, 15) is 15.0 Å². The van der Waals surface area contributed by atoms with Gasteiger partial charge in [0.2, 0.25) is 0 Å². The standard InChI is InChI=1S/C13H9BrINO3/c14-8-5-4-7(15)6-9(8)16-13(19)12-10(17)2-1-3-11(12)18/h1-6,17-18H,(H,16,19).